The summed E-state index contributed by atoms with van der Waals surface area (Å²) in [5.74, 6) is -1.07. The van der Waals surface area contributed by atoms with Gasteiger partial charge in [0.05, 0.1) is 12.4 Å². The number of carbonyl (C=O) groups excluding carboxylic acids is 1. The smallest absolute Gasteiger partial charge is 0.341 e. The molecule has 8 heteroatoms. The van der Waals surface area contributed by atoms with Crippen molar-refractivity contribution in [3.8, 4) is 5.75 Å². The molecule has 26 heavy (non-hydrogen) atoms. The fraction of sp³-hybridized carbons (Fsp3) is 0.111. The molecule has 0 aliphatic carbocycles. The highest BCUT2D eigenvalue weighted by Crippen LogP contribution is 2.10. The number of oxime groups is 1. The lowest BCUT2D eigenvalue weighted by Crippen LogP contribution is -2.22. The molecule has 0 fully saturated rings. The molecular weight excluding hydrogens is 338 g/mol. The Labute approximate surface area is 149 Å². The van der Waals surface area contributed by atoms with Gasteiger partial charge in [-0.2, -0.15) is 5.10 Å². The Morgan fingerprint density at radius 3 is 2.35 bits per heavy atom. The molecule has 0 aromatic heterocycles. The van der Waals surface area contributed by atoms with Crippen molar-refractivity contribution in [2.75, 3.05) is 13.2 Å². The topological polar surface area (TPSA) is 110 Å². The number of hydrogen-bond donors (Lipinski definition) is 2. The summed E-state index contributed by atoms with van der Waals surface area (Å²) in [5.41, 5.74) is 3.87. The minimum absolute atomic E-state index is 0.261. The van der Waals surface area contributed by atoms with E-state index in [0.717, 1.165) is 5.56 Å². The molecule has 8 nitrogen and oxygen atoms in total. The minimum Gasteiger partial charge on any atom is -0.482 e. The highest BCUT2D eigenvalue weighted by molar-refractivity contribution is 5.83. The van der Waals surface area contributed by atoms with Crippen LogP contribution in [-0.4, -0.2) is 42.6 Å². The zero-order valence-electron chi connectivity index (χ0n) is 13.7. The van der Waals surface area contributed by atoms with E-state index >= 15 is 0 Å². The summed E-state index contributed by atoms with van der Waals surface area (Å²) in [6.07, 6.45) is 2.94. The molecule has 0 bridgehead atoms. The van der Waals surface area contributed by atoms with Crippen LogP contribution in [0, 0.1) is 0 Å². The van der Waals surface area contributed by atoms with Crippen molar-refractivity contribution < 1.29 is 24.3 Å². The van der Waals surface area contributed by atoms with Crippen LogP contribution in [0.2, 0.25) is 0 Å². The van der Waals surface area contributed by atoms with Crippen molar-refractivity contribution in [2.24, 2.45) is 10.3 Å². The fourth-order valence-corrected chi connectivity index (χ4v) is 1.74. The predicted octanol–water partition coefficient (Wildman–Crippen LogP) is 1.65. The van der Waals surface area contributed by atoms with Crippen LogP contribution >= 0.6 is 0 Å². The Morgan fingerprint density at radius 2 is 1.65 bits per heavy atom. The molecule has 0 atom stereocenters. The molecule has 0 saturated heterocycles. The second-order valence-corrected chi connectivity index (χ2v) is 4.96. The zero-order chi connectivity index (χ0) is 18.6. The first-order valence-electron chi connectivity index (χ1n) is 7.60. The molecule has 0 aliphatic heterocycles. The van der Waals surface area contributed by atoms with Gasteiger partial charge in [0.2, 0.25) is 0 Å². The molecule has 0 aliphatic rings. The van der Waals surface area contributed by atoms with E-state index in [4.69, 9.17) is 14.7 Å². The third-order valence-corrected chi connectivity index (χ3v) is 2.92. The van der Waals surface area contributed by atoms with Crippen molar-refractivity contribution in [3.05, 3.63) is 65.7 Å². The molecule has 0 spiro atoms. The van der Waals surface area contributed by atoms with Gasteiger partial charge in [-0.15, -0.1) is 0 Å². The summed E-state index contributed by atoms with van der Waals surface area (Å²) in [4.78, 5) is 26.8. The van der Waals surface area contributed by atoms with Crippen molar-refractivity contribution in [1.29, 1.82) is 0 Å². The van der Waals surface area contributed by atoms with Gasteiger partial charge in [0, 0.05) is 0 Å². The highest BCUT2D eigenvalue weighted by atomic mass is 16.6. The number of nitrogens with one attached hydrogen (secondary N) is 1. The number of benzene rings is 2. The van der Waals surface area contributed by atoms with Gasteiger partial charge in [0.1, 0.15) is 5.75 Å². The summed E-state index contributed by atoms with van der Waals surface area (Å²) in [6, 6.07) is 15.9. The van der Waals surface area contributed by atoms with Crippen LogP contribution in [0.15, 0.2) is 64.9 Å². The van der Waals surface area contributed by atoms with Gasteiger partial charge >= 0.3 is 5.97 Å². The number of ether oxygens (including phenoxy) is 1. The van der Waals surface area contributed by atoms with Crippen molar-refractivity contribution in [2.45, 2.75) is 0 Å². The maximum atomic E-state index is 11.5. The molecule has 0 saturated carbocycles. The second kappa shape index (κ2) is 10.2. The van der Waals surface area contributed by atoms with Crippen LogP contribution in [0.5, 0.6) is 5.75 Å². The van der Waals surface area contributed by atoms with E-state index < -0.39 is 18.5 Å². The molecule has 2 aromatic carbocycles. The average Bonchev–Trinajstić information content (AvgIpc) is 2.65. The Morgan fingerprint density at radius 1 is 0.962 bits per heavy atom. The van der Waals surface area contributed by atoms with Crippen LogP contribution in [0.4, 0.5) is 0 Å². The molecular formula is C18H17N3O5. The first-order valence-corrected chi connectivity index (χ1v) is 7.60. The number of carboxylic acid groups (broad SMARTS) is 1. The first-order chi connectivity index (χ1) is 12.6. The van der Waals surface area contributed by atoms with E-state index in [1.165, 1.54) is 12.4 Å². The van der Waals surface area contributed by atoms with E-state index in [-0.39, 0.29) is 6.61 Å². The Balaban J connectivity index is 1.69. The zero-order valence-corrected chi connectivity index (χ0v) is 13.7. The summed E-state index contributed by atoms with van der Waals surface area (Å²) in [7, 11) is 0. The SMILES string of the molecule is O=C(O)COc1ccc(C=NNC(=O)CON=Cc2ccccc2)cc1. The molecule has 0 radical (unpaired) electrons. The average molecular weight is 355 g/mol. The molecule has 0 unspecified atom stereocenters. The lowest BCUT2D eigenvalue weighted by molar-refractivity contribution is -0.139. The summed E-state index contributed by atoms with van der Waals surface area (Å²) in [5, 5.41) is 16.0. The van der Waals surface area contributed by atoms with Crippen LogP contribution < -0.4 is 10.2 Å². The Hall–Kier alpha value is -3.68. The molecule has 2 aromatic rings. The van der Waals surface area contributed by atoms with Crippen molar-refractivity contribution in [1.82, 2.24) is 5.43 Å². The van der Waals surface area contributed by atoms with Crippen molar-refractivity contribution >= 4 is 24.3 Å². The summed E-state index contributed by atoms with van der Waals surface area (Å²) in [6.45, 7) is -0.668. The van der Waals surface area contributed by atoms with E-state index in [2.05, 4.69) is 15.7 Å². The van der Waals surface area contributed by atoms with Gasteiger partial charge in [-0.3, -0.25) is 4.79 Å². The Bertz CT molecular complexity index is 773. The normalized spacial score (nSPS) is 10.8. The van der Waals surface area contributed by atoms with Gasteiger partial charge in [-0.1, -0.05) is 35.5 Å². The van der Waals surface area contributed by atoms with Crippen LogP contribution in [0.25, 0.3) is 0 Å². The minimum atomic E-state index is -1.05. The number of hydrogen-bond acceptors (Lipinski definition) is 6. The molecule has 2 N–H and O–H groups in total. The number of rotatable bonds is 9. The Kier molecular flexibility index (Phi) is 7.35. The van der Waals surface area contributed by atoms with E-state index in [1.54, 1.807) is 24.3 Å². The first kappa shape index (κ1) is 18.7. The van der Waals surface area contributed by atoms with Crippen LogP contribution in [0.1, 0.15) is 11.1 Å². The summed E-state index contributed by atoms with van der Waals surface area (Å²) >= 11 is 0. The van der Waals surface area contributed by atoms with Gasteiger partial charge in [0.25, 0.3) is 5.91 Å². The number of carbonyl (C=O) groups is 2. The maximum Gasteiger partial charge on any atom is 0.341 e. The standard InChI is InChI=1S/C18H17N3O5/c22-17(12-26-20-11-14-4-2-1-3-5-14)21-19-10-15-6-8-16(9-7-15)25-13-18(23)24/h1-11H,12-13H2,(H,21,22)(H,23,24). The monoisotopic (exact) mass is 355 g/mol. The molecule has 1 amide bonds. The third-order valence-electron chi connectivity index (χ3n) is 2.92. The predicted molar refractivity (Wildman–Crippen MR) is 95.3 cm³/mol. The highest BCUT2D eigenvalue weighted by Gasteiger charge is 2.00. The van der Waals surface area contributed by atoms with Gasteiger partial charge < -0.3 is 14.7 Å². The third kappa shape index (κ3) is 7.26. The van der Waals surface area contributed by atoms with Crippen LogP contribution in [-0.2, 0) is 14.4 Å². The quantitative estimate of drug-likeness (QED) is 0.525. The fourth-order valence-electron chi connectivity index (χ4n) is 1.74. The van der Waals surface area contributed by atoms with E-state index in [0.29, 0.717) is 11.3 Å². The molecule has 0 heterocycles. The van der Waals surface area contributed by atoms with Crippen LogP contribution in [0.3, 0.4) is 0 Å². The second-order valence-electron chi connectivity index (χ2n) is 4.96. The number of aliphatic carboxylic acids is 1. The lowest BCUT2D eigenvalue weighted by atomic mass is 10.2. The number of carboxylic acids is 1. The number of amides is 1. The maximum absolute atomic E-state index is 11.5. The van der Waals surface area contributed by atoms with Gasteiger partial charge in [-0.05, 0) is 35.4 Å². The number of nitrogens with zero attached hydrogens (tertiary/aromatic N) is 2. The number of hydrazone groups is 1. The summed E-state index contributed by atoms with van der Waals surface area (Å²) < 4.78 is 5.01. The van der Waals surface area contributed by atoms with E-state index in [1.807, 2.05) is 30.3 Å². The van der Waals surface area contributed by atoms with E-state index in [9.17, 15) is 9.59 Å². The van der Waals surface area contributed by atoms with Crippen molar-refractivity contribution in [3.63, 3.8) is 0 Å². The largest absolute Gasteiger partial charge is 0.482 e. The lowest BCUT2D eigenvalue weighted by Gasteiger charge is -2.02. The molecule has 134 valence electrons. The van der Waals surface area contributed by atoms with Gasteiger partial charge in [-0.25, -0.2) is 10.2 Å². The molecule has 2 rings (SSSR count). The van der Waals surface area contributed by atoms with Gasteiger partial charge in [0.15, 0.2) is 13.2 Å².